The van der Waals surface area contributed by atoms with Crippen LogP contribution in [0.3, 0.4) is 0 Å². The van der Waals surface area contributed by atoms with Crippen LogP contribution in [0, 0.1) is 0 Å². The molecule has 0 aliphatic heterocycles. The maximum Gasteiger partial charge on any atom is 0.454 e. The third-order valence-corrected chi connectivity index (χ3v) is 3.24. The second-order valence-corrected chi connectivity index (χ2v) is 5.15. The minimum atomic E-state index is -5.62. The lowest BCUT2D eigenvalue weighted by Gasteiger charge is -2.13. The van der Waals surface area contributed by atoms with Crippen LogP contribution in [0.15, 0.2) is 12.1 Å². The van der Waals surface area contributed by atoms with E-state index >= 15 is 0 Å². The summed E-state index contributed by atoms with van der Waals surface area (Å²) in [6.07, 6.45) is -15.8. The van der Waals surface area contributed by atoms with E-state index in [9.17, 15) is 44.3 Å². The summed E-state index contributed by atoms with van der Waals surface area (Å²) in [5.74, 6) is -4.04. The largest absolute Gasteiger partial charge is 0.493 e. The highest BCUT2D eigenvalue weighted by Gasteiger charge is 2.47. The Labute approximate surface area is 143 Å². The standard InChI is InChI=1S/C14H8F9NO3/c1-26-7-2-5-6(3-8(7)27-4-12(15,16)17)24-10(13(18,19)20)9(5)11(25)14(21,22)23/h2-3,24H,4H2,1H3. The Bertz CT molecular complexity index is 862. The molecule has 4 nitrogen and oxygen atoms in total. The van der Waals surface area contributed by atoms with Gasteiger partial charge in [-0.1, -0.05) is 0 Å². The van der Waals surface area contributed by atoms with Crippen molar-refractivity contribution in [2.45, 2.75) is 18.5 Å². The zero-order valence-electron chi connectivity index (χ0n) is 13.0. The van der Waals surface area contributed by atoms with E-state index in [1.165, 1.54) is 0 Å². The van der Waals surface area contributed by atoms with Crippen LogP contribution in [0.2, 0.25) is 0 Å². The maximum absolute atomic E-state index is 13.1. The van der Waals surface area contributed by atoms with Gasteiger partial charge in [0.2, 0.25) is 0 Å². The van der Waals surface area contributed by atoms with Gasteiger partial charge in [-0.15, -0.1) is 0 Å². The number of ether oxygens (including phenoxy) is 2. The molecule has 2 rings (SSSR count). The number of methoxy groups -OCH3 is 1. The summed E-state index contributed by atoms with van der Waals surface area (Å²) < 4.78 is 123. The van der Waals surface area contributed by atoms with E-state index in [4.69, 9.17) is 0 Å². The fourth-order valence-electron chi connectivity index (χ4n) is 2.22. The lowest BCUT2D eigenvalue weighted by atomic mass is 10.0. The van der Waals surface area contributed by atoms with Crippen molar-refractivity contribution in [3.05, 3.63) is 23.4 Å². The molecule has 0 aliphatic carbocycles. The normalized spacial score (nSPS) is 13.1. The smallest absolute Gasteiger partial charge is 0.454 e. The van der Waals surface area contributed by atoms with Gasteiger partial charge >= 0.3 is 18.5 Å². The first-order valence-electron chi connectivity index (χ1n) is 6.77. The number of hydrogen-bond donors (Lipinski definition) is 1. The molecule has 1 N–H and O–H groups in total. The lowest BCUT2D eigenvalue weighted by molar-refractivity contribution is -0.153. The van der Waals surface area contributed by atoms with E-state index < -0.39 is 64.6 Å². The summed E-state index contributed by atoms with van der Waals surface area (Å²) in [6, 6.07) is 1.15. The van der Waals surface area contributed by atoms with Gasteiger partial charge in [0, 0.05) is 11.5 Å². The van der Waals surface area contributed by atoms with E-state index in [0.717, 1.165) is 7.11 Å². The molecule has 1 heterocycles. The Morgan fingerprint density at radius 2 is 1.59 bits per heavy atom. The van der Waals surface area contributed by atoms with Crippen LogP contribution in [0.5, 0.6) is 11.5 Å². The van der Waals surface area contributed by atoms with E-state index in [2.05, 4.69) is 9.47 Å². The third kappa shape index (κ3) is 4.39. The van der Waals surface area contributed by atoms with Crippen molar-refractivity contribution in [3.63, 3.8) is 0 Å². The Balaban J connectivity index is 2.72. The van der Waals surface area contributed by atoms with Gasteiger partial charge in [0.1, 0.15) is 5.69 Å². The SMILES string of the molecule is COc1cc2c(C(=O)C(F)(F)F)c(C(F)(F)F)[nH]c2cc1OCC(F)(F)F. The zero-order valence-corrected chi connectivity index (χ0v) is 13.0. The maximum atomic E-state index is 13.1. The van der Waals surface area contributed by atoms with Crippen molar-refractivity contribution in [1.29, 1.82) is 0 Å². The molecular formula is C14H8F9NO3. The monoisotopic (exact) mass is 409 g/mol. The second-order valence-electron chi connectivity index (χ2n) is 5.15. The van der Waals surface area contributed by atoms with E-state index in [0.29, 0.717) is 12.1 Å². The van der Waals surface area contributed by atoms with Crippen molar-refractivity contribution in [2.75, 3.05) is 13.7 Å². The molecule has 1 aromatic heterocycles. The number of benzene rings is 1. The number of rotatable bonds is 4. The Morgan fingerprint density at radius 3 is 2.04 bits per heavy atom. The number of Topliss-reactive ketones (excluding diaryl/α,β-unsaturated/α-hetero) is 1. The highest BCUT2D eigenvalue weighted by Crippen LogP contribution is 2.42. The number of alkyl halides is 9. The van der Waals surface area contributed by atoms with Gasteiger partial charge in [0.15, 0.2) is 18.1 Å². The zero-order chi connectivity index (χ0) is 20.8. The third-order valence-electron chi connectivity index (χ3n) is 3.24. The highest BCUT2D eigenvalue weighted by atomic mass is 19.4. The lowest BCUT2D eigenvalue weighted by Crippen LogP contribution is -2.25. The Hall–Kier alpha value is -2.60. The van der Waals surface area contributed by atoms with Gasteiger partial charge in [-0.25, -0.2) is 0 Å². The average Bonchev–Trinajstić information content (AvgIpc) is 2.87. The Morgan fingerprint density at radius 1 is 1.00 bits per heavy atom. The number of ketones is 1. The summed E-state index contributed by atoms with van der Waals surface area (Å²) in [4.78, 5) is 13.1. The molecule has 0 aliphatic rings. The van der Waals surface area contributed by atoms with Gasteiger partial charge < -0.3 is 14.5 Å². The topological polar surface area (TPSA) is 51.3 Å². The molecule has 0 amide bonds. The van der Waals surface area contributed by atoms with Crippen molar-refractivity contribution >= 4 is 16.7 Å². The number of fused-ring (bicyclic) bond motifs is 1. The molecule has 0 saturated heterocycles. The summed E-state index contributed by atoms with van der Waals surface area (Å²) >= 11 is 0. The van der Waals surface area contributed by atoms with E-state index in [1.54, 1.807) is 4.98 Å². The van der Waals surface area contributed by atoms with Crippen LogP contribution in [0.25, 0.3) is 10.9 Å². The van der Waals surface area contributed by atoms with E-state index in [-0.39, 0.29) is 0 Å². The number of carbonyl (C=O) groups is 1. The molecule has 13 heteroatoms. The minimum absolute atomic E-state index is 0.561. The molecular weight excluding hydrogens is 401 g/mol. The average molecular weight is 409 g/mol. The van der Waals surface area contributed by atoms with Crippen LogP contribution in [-0.2, 0) is 6.18 Å². The van der Waals surface area contributed by atoms with Gasteiger partial charge in [-0.05, 0) is 6.07 Å². The molecule has 2 aromatic rings. The first-order valence-corrected chi connectivity index (χ1v) is 6.77. The number of hydrogen-bond acceptors (Lipinski definition) is 3. The van der Waals surface area contributed by atoms with Crippen LogP contribution in [-0.4, -0.2) is 36.8 Å². The number of aromatic amines is 1. The predicted molar refractivity (Wildman–Crippen MR) is 71.8 cm³/mol. The van der Waals surface area contributed by atoms with Crippen molar-refractivity contribution in [3.8, 4) is 11.5 Å². The summed E-state index contributed by atoms with van der Waals surface area (Å²) in [7, 11) is 0.907. The van der Waals surface area contributed by atoms with Crippen LogP contribution < -0.4 is 9.47 Å². The summed E-state index contributed by atoms with van der Waals surface area (Å²) in [6.45, 7) is -1.82. The number of carbonyl (C=O) groups excluding carboxylic acids is 1. The first kappa shape index (κ1) is 20.7. The quantitative estimate of drug-likeness (QED) is 0.579. The van der Waals surface area contributed by atoms with Gasteiger partial charge in [-0.3, -0.25) is 4.79 Å². The molecule has 0 saturated carbocycles. The molecule has 27 heavy (non-hydrogen) atoms. The fraction of sp³-hybridized carbons (Fsp3) is 0.357. The van der Waals surface area contributed by atoms with Gasteiger partial charge in [-0.2, -0.15) is 39.5 Å². The first-order chi connectivity index (χ1) is 12.1. The number of halogens is 9. The molecule has 0 unspecified atom stereocenters. The van der Waals surface area contributed by atoms with Crippen molar-refractivity contribution in [1.82, 2.24) is 4.98 Å². The minimum Gasteiger partial charge on any atom is -0.493 e. The number of H-pyrrole nitrogens is 1. The molecule has 0 fully saturated rings. The number of nitrogens with one attached hydrogen (secondary N) is 1. The number of aromatic nitrogens is 1. The summed E-state index contributed by atoms with van der Waals surface area (Å²) in [5.41, 5.74) is -4.39. The van der Waals surface area contributed by atoms with Crippen molar-refractivity contribution in [2.24, 2.45) is 0 Å². The van der Waals surface area contributed by atoms with Crippen LogP contribution in [0.1, 0.15) is 16.1 Å². The summed E-state index contributed by atoms with van der Waals surface area (Å²) in [5, 5.41) is -0.833. The van der Waals surface area contributed by atoms with Crippen LogP contribution in [0.4, 0.5) is 39.5 Å². The molecule has 150 valence electrons. The van der Waals surface area contributed by atoms with Crippen LogP contribution >= 0.6 is 0 Å². The Kier molecular flexibility index (Phi) is 5.01. The second kappa shape index (κ2) is 6.53. The molecule has 1 aromatic carbocycles. The fourth-order valence-corrected chi connectivity index (χ4v) is 2.22. The molecule has 0 bridgehead atoms. The highest BCUT2D eigenvalue weighted by molar-refractivity contribution is 6.12. The van der Waals surface area contributed by atoms with Gasteiger partial charge in [0.05, 0.1) is 18.2 Å². The van der Waals surface area contributed by atoms with E-state index in [1.807, 2.05) is 0 Å². The molecule has 0 spiro atoms. The van der Waals surface area contributed by atoms with Gasteiger partial charge in [0.25, 0.3) is 5.78 Å². The molecule has 0 atom stereocenters. The molecule has 0 radical (unpaired) electrons. The van der Waals surface area contributed by atoms with Crippen molar-refractivity contribution < 1.29 is 53.8 Å². The predicted octanol–water partition coefficient (Wildman–Crippen LogP) is 4.88.